The maximum Gasteiger partial charge on any atom is 0.433 e. The Labute approximate surface area is 172 Å². The molecule has 154 valence electrons. The van der Waals surface area contributed by atoms with Crippen molar-refractivity contribution in [2.75, 3.05) is 7.11 Å². The van der Waals surface area contributed by atoms with Gasteiger partial charge < -0.3 is 10.1 Å². The van der Waals surface area contributed by atoms with E-state index in [1.54, 1.807) is 24.3 Å². The van der Waals surface area contributed by atoms with Gasteiger partial charge in [-0.05, 0) is 41.8 Å². The first kappa shape index (κ1) is 19.9. The number of hydrogen-bond donors (Lipinski definition) is 1. The molecule has 4 rings (SSSR count). The van der Waals surface area contributed by atoms with E-state index in [0.29, 0.717) is 15.8 Å². The highest BCUT2D eigenvalue weighted by atomic mass is 32.1. The Morgan fingerprint density at radius 3 is 2.60 bits per heavy atom. The smallest absolute Gasteiger partial charge is 0.433 e. The molecule has 10 heteroatoms. The molecule has 4 aromatic rings. The van der Waals surface area contributed by atoms with Gasteiger partial charge in [0.25, 0.3) is 5.91 Å². The van der Waals surface area contributed by atoms with Crippen molar-refractivity contribution in [3.63, 3.8) is 0 Å². The molecule has 0 bridgehead atoms. The molecule has 30 heavy (non-hydrogen) atoms. The van der Waals surface area contributed by atoms with Gasteiger partial charge >= 0.3 is 6.18 Å². The molecular formula is C20H15F3N4O2S. The molecule has 3 aromatic heterocycles. The lowest BCUT2D eigenvalue weighted by Crippen LogP contribution is -2.23. The number of carbonyl (C=O) groups excluding carboxylic acids is 1. The molecule has 3 heterocycles. The summed E-state index contributed by atoms with van der Waals surface area (Å²) < 4.78 is 46.7. The van der Waals surface area contributed by atoms with E-state index in [4.69, 9.17) is 4.74 Å². The molecule has 1 N–H and O–H groups in total. The molecule has 1 aromatic carbocycles. The molecule has 0 radical (unpaired) electrons. The monoisotopic (exact) mass is 432 g/mol. The number of benzene rings is 1. The summed E-state index contributed by atoms with van der Waals surface area (Å²) in [6.07, 6.45) is -4.68. The Balaban J connectivity index is 1.72. The van der Waals surface area contributed by atoms with Gasteiger partial charge in [0.1, 0.15) is 5.75 Å². The first-order valence-electron chi connectivity index (χ1n) is 8.78. The van der Waals surface area contributed by atoms with Crippen LogP contribution in [0, 0.1) is 0 Å². The molecule has 0 fully saturated rings. The zero-order valence-corrected chi connectivity index (χ0v) is 16.4. The minimum absolute atomic E-state index is 0.0723. The number of fused-ring (bicyclic) bond motifs is 1. The van der Waals surface area contributed by atoms with Crippen LogP contribution in [0.2, 0.25) is 0 Å². The number of thiophene rings is 1. The van der Waals surface area contributed by atoms with E-state index in [9.17, 15) is 18.0 Å². The zero-order chi connectivity index (χ0) is 21.3. The second-order valence-corrected chi connectivity index (χ2v) is 7.35. The maximum atomic E-state index is 13.7. The third-order valence-corrected chi connectivity index (χ3v) is 5.22. The number of nitrogens with zero attached hydrogens (tertiary/aromatic N) is 3. The largest absolute Gasteiger partial charge is 0.497 e. The molecule has 0 aliphatic heterocycles. The number of hydrogen-bond acceptors (Lipinski definition) is 5. The highest BCUT2D eigenvalue weighted by Crippen LogP contribution is 2.32. The van der Waals surface area contributed by atoms with Gasteiger partial charge in [-0.25, -0.2) is 9.50 Å². The molecule has 0 atom stereocenters. The molecule has 0 aliphatic rings. The number of methoxy groups -OCH3 is 1. The SMILES string of the molecule is COc1ccc(-c2cc(C(F)(F)F)n3nc(C(=O)NCc4cccs4)cc3n2)cc1. The van der Waals surface area contributed by atoms with Gasteiger partial charge in [-0.1, -0.05) is 6.07 Å². The van der Waals surface area contributed by atoms with E-state index in [2.05, 4.69) is 15.4 Å². The summed E-state index contributed by atoms with van der Waals surface area (Å²) in [5, 5.41) is 8.37. The van der Waals surface area contributed by atoms with Crippen molar-refractivity contribution in [2.24, 2.45) is 0 Å². The summed E-state index contributed by atoms with van der Waals surface area (Å²) in [6.45, 7) is 0.265. The van der Waals surface area contributed by atoms with Crippen LogP contribution < -0.4 is 10.1 Å². The molecule has 6 nitrogen and oxygen atoms in total. The number of amides is 1. The number of alkyl halides is 3. The molecule has 1 amide bonds. The van der Waals surface area contributed by atoms with Crippen LogP contribution in [0.1, 0.15) is 21.1 Å². The summed E-state index contributed by atoms with van der Waals surface area (Å²) >= 11 is 1.46. The van der Waals surface area contributed by atoms with Gasteiger partial charge in [-0.15, -0.1) is 11.3 Å². The quantitative estimate of drug-likeness (QED) is 0.507. The van der Waals surface area contributed by atoms with Crippen LogP contribution in [-0.2, 0) is 12.7 Å². The van der Waals surface area contributed by atoms with Crippen LogP contribution in [0.15, 0.2) is 53.9 Å². The second-order valence-electron chi connectivity index (χ2n) is 6.31. The Kier molecular flexibility index (Phi) is 5.17. The Hall–Kier alpha value is -3.40. The van der Waals surface area contributed by atoms with Crippen LogP contribution in [0.4, 0.5) is 13.2 Å². The van der Waals surface area contributed by atoms with Crippen molar-refractivity contribution in [3.8, 4) is 17.0 Å². The second kappa shape index (κ2) is 7.79. The Morgan fingerprint density at radius 1 is 1.20 bits per heavy atom. The topological polar surface area (TPSA) is 68.5 Å². The molecular weight excluding hydrogens is 417 g/mol. The number of nitrogens with one attached hydrogen (secondary N) is 1. The molecule has 0 unspecified atom stereocenters. The molecule has 0 saturated carbocycles. The minimum atomic E-state index is -4.68. The van der Waals surface area contributed by atoms with Gasteiger partial charge in [-0.2, -0.15) is 18.3 Å². The summed E-state index contributed by atoms with van der Waals surface area (Å²) in [7, 11) is 1.50. The standard InChI is InChI=1S/C20H15F3N4O2S/c1-29-13-6-4-12(5-7-13)15-9-17(20(21,22)23)27-18(25-15)10-16(26-27)19(28)24-11-14-3-2-8-30-14/h2-10H,11H2,1H3,(H,24,28). The fourth-order valence-electron chi connectivity index (χ4n) is 2.87. The lowest BCUT2D eigenvalue weighted by molar-refractivity contribution is -0.142. The van der Waals surface area contributed by atoms with Crippen LogP contribution in [-0.4, -0.2) is 27.6 Å². The van der Waals surface area contributed by atoms with Gasteiger partial charge in [0.2, 0.25) is 0 Å². The van der Waals surface area contributed by atoms with Crippen molar-refractivity contribution in [1.82, 2.24) is 19.9 Å². The average Bonchev–Trinajstić information content (AvgIpc) is 3.40. The highest BCUT2D eigenvalue weighted by Gasteiger charge is 2.35. The van der Waals surface area contributed by atoms with Crippen LogP contribution in [0.25, 0.3) is 16.9 Å². The molecule has 0 saturated heterocycles. The normalized spacial score (nSPS) is 11.6. The van der Waals surface area contributed by atoms with Crippen molar-refractivity contribution < 1.29 is 22.7 Å². The third kappa shape index (κ3) is 3.99. The van der Waals surface area contributed by atoms with Crippen molar-refractivity contribution in [1.29, 1.82) is 0 Å². The highest BCUT2D eigenvalue weighted by molar-refractivity contribution is 7.09. The zero-order valence-electron chi connectivity index (χ0n) is 15.6. The summed E-state index contributed by atoms with van der Waals surface area (Å²) in [6, 6.07) is 12.3. The van der Waals surface area contributed by atoms with Gasteiger partial charge in [0.15, 0.2) is 17.0 Å². The maximum absolute atomic E-state index is 13.7. The van der Waals surface area contributed by atoms with Gasteiger partial charge in [0, 0.05) is 16.5 Å². The predicted octanol–water partition coefficient (Wildman–Crippen LogP) is 4.42. The van der Waals surface area contributed by atoms with Crippen molar-refractivity contribution in [3.05, 3.63) is 70.2 Å². The van der Waals surface area contributed by atoms with E-state index in [1.807, 2.05) is 17.5 Å². The number of carbonyl (C=O) groups is 1. The first-order chi connectivity index (χ1) is 14.3. The molecule has 0 spiro atoms. The average molecular weight is 432 g/mol. The summed E-state index contributed by atoms with van der Waals surface area (Å²) in [5.74, 6) is -0.00190. The number of aromatic nitrogens is 3. The number of halogens is 3. The number of ether oxygens (including phenoxy) is 1. The molecule has 0 aliphatic carbocycles. The van der Waals surface area contributed by atoms with E-state index >= 15 is 0 Å². The van der Waals surface area contributed by atoms with Gasteiger partial charge in [0.05, 0.1) is 19.3 Å². The fraction of sp³-hybridized carbons (Fsp3) is 0.150. The first-order valence-corrected chi connectivity index (χ1v) is 9.66. The Morgan fingerprint density at radius 2 is 1.97 bits per heavy atom. The van der Waals surface area contributed by atoms with Crippen LogP contribution >= 0.6 is 11.3 Å². The van der Waals surface area contributed by atoms with Crippen molar-refractivity contribution >= 4 is 22.9 Å². The lowest BCUT2D eigenvalue weighted by atomic mass is 10.1. The van der Waals surface area contributed by atoms with Crippen molar-refractivity contribution in [2.45, 2.75) is 12.7 Å². The van der Waals surface area contributed by atoms with Gasteiger partial charge in [-0.3, -0.25) is 4.79 Å². The van der Waals surface area contributed by atoms with E-state index in [0.717, 1.165) is 10.9 Å². The Bertz CT molecular complexity index is 1190. The summed E-state index contributed by atoms with van der Waals surface area (Å²) in [4.78, 5) is 17.6. The predicted molar refractivity (Wildman–Crippen MR) is 105 cm³/mol. The van der Waals surface area contributed by atoms with E-state index < -0.39 is 17.8 Å². The minimum Gasteiger partial charge on any atom is -0.497 e. The third-order valence-electron chi connectivity index (χ3n) is 4.34. The summed E-state index contributed by atoms with van der Waals surface area (Å²) in [5.41, 5.74) is -0.638. The lowest BCUT2D eigenvalue weighted by Gasteiger charge is -2.11. The van der Waals surface area contributed by atoms with E-state index in [-0.39, 0.29) is 23.6 Å². The number of rotatable bonds is 5. The fourth-order valence-corrected chi connectivity index (χ4v) is 3.51. The van der Waals surface area contributed by atoms with Crippen LogP contribution in [0.3, 0.4) is 0 Å². The van der Waals surface area contributed by atoms with Crippen LogP contribution in [0.5, 0.6) is 5.75 Å². The van der Waals surface area contributed by atoms with E-state index in [1.165, 1.54) is 24.5 Å².